The third-order valence-corrected chi connectivity index (χ3v) is 18.7. The lowest BCUT2D eigenvalue weighted by molar-refractivity contribution is -0.146. The monoisotopic (exact) mass is 1530 g/mol. The van der Waals surface area contributed by atoms with Crippen LogP contribution in [0.15, 0.2) is 133 Å². The van der Waals surface area contributed by atoms with Crippen LogP contribution in [-0.4, -0.2) is 149 Å². The zero-order chi connectivity index (χ0) is 81.2. The van der Waals surface area contributed by atoms with E-state index in [2.05, 4.69) is 47.9 Å². The summed E-state index contributed by atoms with van der Waals surface area (Å²) in [6.45, 7) is 19.9. The number of likely N-dealkylation sites (tertiary alicyclic amines) is 1. The average molecular weight is 1530 g/mol. The van der Waals surface area contributed by atoms with Crippen LogP contribution in [0.1, 0.15) is 181 Å². The van der Waals surface area contributed by atoms with Crippen molar-refractivity contribution in [3.8, 4) is 11.5 Å². The van der Waals surface area contributed by atoms with E-state index in [0.717, 1.165) is 48.8 Å². The molecular weight excluding hydrogens is 1420 g/mol. The van der Waals surface area contributed by atoms with Crippen molar-refractivity contribution in [2.75, 3.05) is 31.5 Å². The molecule has 10 N–H and O–H groups in total. The summed E-state index contributed by atoms with van der Waals surface area (Å²) < 4.78 is 17.1. The van der Waals surface area contributed by atoms with Crippen molar-refractivity contribution in [3.05, 3.63) is 161 Å². The number of nitrogens with one attached hydrogen (secondary N) is 9. The van der Waals surface area contributed by atoms with E-state index < -0.39 is 119 Å². The van der Waals surface area contributed by atoms with E-state index >= 15 is 0 Å². The Balaban J connectivity index is 1.00. The van der Waals surface area contributed by atoms with E-state index in [1.807, 2.05) is 97.0 Å². The van der Waals surface area contributed by atoms with Gasteiger partial charge in [-0.15, -0.1) is 0 Å². The van der Waals surface area contributed by atoms with E-state index in [9.17, 15) is 62.6 Å². The fourth-order valence-corrected chi connectivity index (χ4v) is 12.9. The number of para-hydroxylation sites is 1. The molecule has 1 aliphatic heterocycles. The molecule has 1 fully saturated rings. The van der Waals surface area contributed by atoms with Crippen molar-refractivity contribution in [1.82, 2.24) is 47.4 Å². The zero-order valence-corrected chi connectivity index (χ0v) is 66.3. The number of anilines is 1. The highest BCUT2D eigenvalue weighted by Crippen LogP contribution is 2.31. The molecule has 7 atom stereocenters. The van der Waals surface area contributed by atoms with Gasteiger partial charge in [-0.3, -0.25) is 52.7 Å². The fourth-order valence-electron chi connectivity index (χ4n) is 12.9. The second kappa shape index (κ2) is 44.9. The molecule has 6 rings (SSSR count). The van der Waals surface area contributed by atoms with Gasteiger partial charge in [0.15, 0.2) is 0 Å². The van der Waals surface area contributed by atoms with Gasteiger partial charge >= 0.3 is 18.0 Å². The highest BCUT2D eigenvalue weighted by Gasteiger charge is 2.38. The molecule has 1 unspecified atom stereocenters. The summed E-state index contributed by atoms with van der Waals surface area (Å²) in [5.74, 6) is -6.71. The predicted octanol–water partition coefficient (Wildman–Crippen LogP) is 9.53. The highest BCUT2D eigenvalue weighted by molar-refractivity contribution is 6.00. The summed E-state index contributed by atoms with van der Waals surface area (Å²) in [6, 6.07) is 32.7. The van der Waals surface area contributed by atoms with E-state index in [4.69, 9.17) is 14.2 Å². The molecular formula is C85H116N10O16. The van der Waals surface area contributed by atoms with Gasteiger partial charge in [-0.25, -0.2) is 4.79 Å². The second-order valence-electron chi connectivity index (χ2n) is 31.3. The second-order valence-corrected chi connectivity index (χ2v) is 31.3. The Labute approximate surface area is 653 Å². The van der Waals surface area contributed by atoms with Crippen LogP contribution in [0, 0.1) is 23.2 Å². The van der Waals surface area contributed by atoms with Gasteiger partial charge in [0.1, 0.15) is 60.0 Å². The summed E-state index contributed by atoms with van der Waals surface area (Å²) in [5, 5.41) is 34.9. The normalized spacial score (nSPS) is 14.4. The Kier molecular flexibility index (Phi) is 36.1. The van der Waals surface area contributed by atoms with Gasteiger partial charge in [0.25, 0.3) is 0 Å². The molecule has 26 heteroatoms. The van der Waals surface area contributed by atoms with Crippen LogP contribution in [-0.2, 0) is 89.8 Å². The largest absolute Gasteiger partial charge is 0.488 e. The number of rotatable bonds is 43. The molecule has 111 heavy (non-hydrogen) atoms. The first-order valence-electron chi connectivity index (χ1n) is 38.7. The van der Waals surface area contributed by atoms with Gasteiger partial charge in [0.2, 0.25) is 53.2 Å². The average Bonchev–Trinajstić information content (AvgIpc) is 1.44. The molecule has 0 saturated carbocycles. The molecule has 602 valence electrons. The first kappa shape index (κ1) is 89.2. The number of aliphatic carboxylic acids is 1. The number of benzene rings is 5. The Morgan fingerprint density at radius 3 is 1.70 bits per heavy atom. The first-order chi connectivity index (χ1) is 52.7. The summed E-state index contributed by atoms with van der Waals surface area (Å²) in [4.78, 5) is 164. The Bertz CT molecular complexity index is 3880. The minimum atomic E-state index is -1.31. The number of carboxylic acids is 1. The summed E-state index contributed by atoms with van der Waals surface area (Å²) >= 11 is 0. The van der Waals surface area contributed by atoms with Crippen molar-refractivity contribution < 1.29 is 76.9 Å². The maximum absolute atomic E-state index is 14.9. The number of nitrogens with zero attached hydrogens (tertiary/aromatic N) is 1. The number of unbranched alkanes of at least 4 members (excludes halogenated alkanes) is 4. The van der Waals surface area contributed by atoms with Gasteiger partial charge in [-0.1, -0.05) is 171 Å². The lowest BCUT2D eigenvalue weighted by Gasteiger charge is -2.30. The van der Waals surface area contributed by atoms with Gasteiger partial charge in [-0.2, -0.15) is 0 Å². The predicted molar refractivity (Wildman–Crippen MR) is 422 cm³/mol. The van der Waals surface area contributed by atoms with Crippen LogP contribution < -0.4 is 57.3 Å². The lowest BCUT2D eigenvalue weighted by Crippen LogP contribution is -2.58. The van der Waals surface area contributed by atoms with Crippen molar-refractivity contribution >= 4 is 76.9 Å². The molecule has 26 nitrogen and oxygen atoms in total. The molecule has 5 aromatic rings. The van der Waals surface area contributed by atoms with E-state index in [1.54, 1.807) is 106 Å². The Hall–Kier alpha value is -10.7. The Morgan fingerprint density at radius 2 is 1.07 bits per heavy atom. The van der Waals surface area contributed by atoms with Crippen LogP contribution >= 0.6 is 0 Å². The molecule has 1 heterocycles. The summed E-state index contributed by atoms with van der Waals surface area (Å²) in [5.41, 5.74) is 2.82. The van der Waals surface area contributed by atoms with Gasteiger partial charge in [0, 0.05) is 45.1 Å². The molecule has 0 bridgehead atoms. The zero-order valence-electron chi connectivity index (χ0n) is 66.3. The molecule has 5 aromatic carbocycles. The van der Waals surface area contributed by atoms with Crippen molar-refractivity contribution in [1.29, 1.82) is 0 Å². The number of carboxylic acid groups (broad SMARTS) is 1. The quantitative estimate of drug-likeness (QED) is 0.00986. The maximum Gasteiger partial charge on any atom is 0.408 e. The number of ether oxygens (including phenoxy) is 3. The van der Waals surface area contributed by atoms with Gasteiger partial charge in [0.05, 0.1) is 18.9 Å². The molecule has 0 aliphatic carbocycles. The smallest absolute Gasteiger partial charge is 0.408 e. The minimum absolute atomic E-state index is 0.0362. The number of amides is 10. The lowest BCUT2D eigenvalue weighted by atomic mass is 9.77. The Morgan fingerprint density at radius 1 is 0.523 bits per heavy atom. The van der Waals surface area contributed by atoms with Gasteiger partial charge < -0.3 is 72.1 Å². The number of hydrogen-bond acceptors (Lipinski definition) is 15. The number of alkyl carbamates (subject to hydrolysis) is 1. The fraction of sp³-hybridized carbons (Fsp3) is 0.506. The van der Waals surface area contributed by atoms with E-state index in [0.29, 0.717) is 67.0 Å². The topological polar surface area (TPSA) is 364 Å². The SMILES string of the molecule is CC(=O)N1CCC[C@H]1C(=O)N[C@@H](CC(C)C)C(=O)NCC(=O)N[C@@H](CCc1ccccc1)C(=O)N[C@@H](Cc1ccc(OC(C)(C)C)cc1)C(=O)N[C@@H](CC(C)C)C(=O)Nc1ccccc1CC(=O)Oc1ccc(CCCCCCCC(=O)NCCNC(=O)[C@H](CC(C(=O)O)C(C)(C)C)NC(=O)OCc2ccccc2)cc1. The van der Waals surface area contributed by atoms with Crippen molar-refractivity contribution in [2.24, 2.45) is 23.2 Å². The third-order valence-electron chi connectivity index (χ3n) is 18.7. The summed E-state index contributed by atoms with van der Waals surface area (Å²) in [7, 11) is 0. The first-order valence-corrected chi connectivity index (χ1v) is 38.7. The van der Waals surface area contributed by atoms with Crippen LogP contribution in [0.25, 0.3) is 0 Å². The molecule has 0 radical (unpaired) electrons. The third kappa shape index (κ3) is 32.8. The van der Waals surface area contributed by atoms with Crippen molar-refractivity contribution in [2.45, 2.75) is 227 Å². The standard InChI is InChI=1S/C85H116N10O16/c1-55(2)48-68(93-81(105)72-33-25-47-95(72)57(5)96)77(101)88-53-74(98)89-67(44-39-58-26-18-15-19-27-58)78(102)92-70(50-60-37-42-64(43-38-60)111-85(9,10)11)80(104)91-69(49-56(3)4)79(103)90-66-32-24-23-31-62(66)51-75(99)110-63-40-35-59(36-41-63)28-17-13-12-14-22-34-73(97)86-45-46-87-76(100)71(52-65(82(106)107)84(6,7)8)94-83(108)109-54-61-29-20-16-21-30-61/h15-16,18-21,23-24,26-27,29-32,35-38,40-43,55-56,65,67-72H,12-14,17,22,25,28,33-34,39,44-54H2,1-11H3,(H,86,97)(H,87,100)(H,88,101)(H,89,98)(H,90,103)(H,91,104)(H,92,102)(H,93,105)(H,94,108)(H,106,107)/t65?,67-,68-,69-,70-,71-,72-/m0/s1. The molecule has 1 saturated heterocycles. The summed E-state index contributed by atoms with van der Waals surface area (Å²) in [6.07, 6.45) is 5.88. The van der Waals surface area contributed by atoms with Gasteiger partial charge in [-0.05, 0) is 160 Å². The highest BCUT2D eigenvalue weighted by atomic mass is 16.5. The van der Waals surface area contributed by atoms with E-state index in [-0.39, 0.29) is 81.9 Å². The van der Waals surface area contributed by atoms with Crippen molar-refractivity contribution in [3.63, 3.8) is 0 Å². The maximum atomic E-state index is 14.9. The minimum Gasteiger partial charge on any atom is -0.488 e. The molecule has 1 aliphatic rings. The number of carbonyl (C=O) groups excluding carboxylic acids is 11. The number of carbonyl (C=O) groups is 12. The number of hydrogen-bond donors (Lipinski definition) is 10. The molecule has 10 amide bonds. The van der Waals surface area contributed by atoms with Crippen LogP contribution in [0.4, 0.5) is 10.5 Å². The van der Waals surface area contributed by atoms with Crippen LogP contribution in [0.5, 0.6) is 11.5 Å². The van der Waals surface area contributed by atoms with Crippen LogP contribution in [0.2, 0.25) is 0 Å². The molecule has 0 spiro atoms. The number of aryl methyl sites for hydroxylation is 2. The molecule has 0 aromatic heterocycles. The van der Waals surface area contributed by atoms with E-state index in [1.165, 1.54) is 11.8 Å². The van der Waals surface area contributed by atoms with Crippen LogP contribution in [0.3, 0.4) is 0 Å². The number of esters is 1.